The molecule has 0 aliphatic heterocycles. The molecule has 0 aliphatic rings. The first-order chi connectivity index (χ1) is 25.3. The van der Waals surface area contributed by atoms with Crippen LogP contribution >= 0.6 is 11.3 Å². The molecule has 51 heavy (non-hydrogen) atoms. The van der Waals surface area contributed by atoms with E-state index >= 15 is 0 Å². The Balaban J connectivity index is 1.26. The number of nitrogens with zero attached hydrogens (tertiary/aromatic N) is 3. The smallest absolute Gasteiger partial charge is 0.161 e. The molecule has 0 spiro atoms. The van der Waals surface area contributed by atoms with Gasteiger partial charge in [-0.3, -0.25) is 0 Å². The highest BCUT2D eigenvalue weighted by Gasteiger charge is 2.19. The number of hydrogen-bond donors (Lipinski definition) is 0. The normalized spacial score (nSPS) is 11.5. The van der Waals surface area contributed by atoms with Crippen LogP contribution in [0.2, 0.25) is 0 Å². The Morgan fingerprint density at radius 3 is 1.75 bits per heavy atom. The van der Waals surface area contributed by atoms with E-state index in [1.807, 2.05) is 18.3 Å². The maximum absolute atomic E-state index is 5.32. The molecule has 7 aromatic carbocycles. The topological polar surface area (TPSA) is 38.7 Å². The molecule has 0 saturated heterocycles. The van der Waals surface area contributed by atoms with Crippen molar-refractivity contribution in [2.75, 3.05) is 0 Å². The third-order valence-electron chi connectivity index (χ3n) is 9.75. The Labute approximate surface area is 299 Å². The number of fused-ring (bicyclic) bond motifs is 6. The average Bonchev–Trinajstić information content (AvgIpc) is 3.59. The molecule has 0 unspecified atom stereocenters. The van der Waals surface area contributed by atoms with Crippen LogP contribution in [0.25, 0.3) is 98.0 Å². The highest BCUT2D eigenvalue weighted by molar-refractivity contribution is 7.25. The number of thiophene rings is 1. The zero-order valence-electron chi connectivity index (χ0n) is 27.5. The third-order valence-corrected chi connectivity index (χ3v) is 10.8. The van der Waals surface area contributed by atoms with Crippen molar-refractivity contribution in [2.45, 2.75) is 0 Å². The lowest BCUT2D eigenvalue weighted by Gasteiger charge is -2.17. The molecule has 3 heterocycles. The van der Waals surface area contributed by atoms with Gasteiger partial charge in [0.25, 0.3) is 0 Å². The van der Waals surface area contributed by atoms with Crippen molar-refractivity contribution in [3.63, 3.8) is 0 Å². The molecule has 10 rings (SSSR count). The van der Waals surface area contributed by atoms with Crippen LogP contribution in [0.15, 0.2) is 176 Å². The van der Waals surface area contributed by atoms with Gasteiger partial charge in [-0.15, -0.1) is 11.3 Å². The van der Waals surface area contributed by atoms with Crippen molar-refractivity contribution in [1.82, 2.24) is 15.0 Å². The van der Waals surface area contributed by atoms with Gasteiger partial charge in [0.1, 0.15) is 4.83 Å². The average molecular weight is 668 g/mol. The van der Waals surface area contributed by atoms with E-state index in [1.165, 1.54) is 37.0 Å². The van der Waals surface area contributed by atoms with Crippen molar-refractivity contribution in [1.29, 1.82) is 0 Å². The summed E-state index contributed by atoms with van der Waals surface area (Å²) >= 11 is 1.74. The van der Waals surface area contributed by atoms with Gasteiger partial charge in [-0.1, -0.05) is 140 Å². The molecular formula is C47H29N3S. The summed E-state index contributed by atoms with van der Waals surface area (Å²) in [5, 5.41) is 7.27. The van der Waals surface area contributed by atoms with E-state index in [2.05, 4.69) is 158 Å². The van der Waals surface area contributed by atoms with Crippen LogP contribution in [0.1, 0.15) is 0 Å². The van der Waals surface area contributed by atoms with Crippen molar-refractivity contribution < 1.29 is 0 Å². The molecule has 3 aromatic heterocycles. The molecule has 0 fully saturated rings. The second kappa shape index (κ2) is 12.1. The highest BCUT2D eigenvalue weighted by atomic mass is 32.1. The van der Waals surface area contributed by atoms with Gasteiger partial charge in [-0.2, -0.15) is 0 Å². The van der Waals surface area contributed by atoms with E-state index in [9.17, 15) is 0 Å². The Morgan fingerprint density at radius 2 is 1.00 bits per heavy atom. The molecule has 238 valence electrons. The van der Waals surface area contributed by atoms with Crippen molar-refractivity contribution in [3.05, 3.63) is 176 Å². The fourth-order valence-corrected chi connectivity index (χ4v) is 8.30. The molecule has 0 N–H and O–H groups in total. The maximum atomic E-state index is 5.32. The minimum atomic E-state index is 0.680. The predicted octanol–water partition coefficient (Wildman–Crippen LogP) is 12.9. The van der Waals surface area contributed by atoms with E-state index in [1.54, 1.807) is 11.3 Å². The molecule has 0 saturated carbocycles. The van der Waals surface area contributed by atoms with Crippen LogP contribution in [-0.4, -0.2) is 15.0 Å². The second-order valence-corrected chi connectivity index (χ2v) is 13.9. The standard InChI is InChI=1S/C47H29N3S/c1-3-13-30(14-4-1)43-28-44(31-15-5-2-6-16-31)50-46(49-43)41-25-32(34-27-42-39-21-11-12-22-45(39)51-47(42)48-29-34)23-24-38(41)40-26-33-17-7-8-18-35(33)36-19-9-10-20-37(36)40/h1-29H. The summed E-state index contributed by atoms with van der Waals surface area (Å²) < 4.78 is 1.25. The Bertz CT molecular complexity index is 2860. The van der Waals surface area contributed by atoms with Gasteiger partial charge in [-0.05, 0) is 68.6 Å². The number of rotatable bonds is 5. The first-order valence-corrected chi connectivity index (χ1v) is 17.9. The van der Waals surface area contributed by atoms with Gasteiger partial charge in [-0.25, -0.2) is 15.0 Å². The van der Waals surface area contributed by atoms with Crippen molar-refractivity contribution in [2.24, 2.45) is 0 Å². The molecule has 10 aromatic rings. The summed E-state index contributed by atoms with van der Waals surface area (Å²) in [4.78, 5) is 16.6. The van der Waals surface area contributed by atoms with E-state index < -0.39 is 0 Å². The van der Waals surface area contributed by atoms with E-state index in [0.29, 0.717) is 5.82 Å². The molecule has 0 aliphatic carbocycles. The largest absolute Gasteiger partial charge is 0.245 e. The van der Waals surface area contributed by atoms with Crippen LogP contribution in [-0.2, 0) is 0 Å². The fraction of sp³-hybridized carbons (Fsp3) is 0. The zero-order chi connectivity index (χ0) is 33.7. The Kier molecular flexibility index (Phi) is 7.00. The second-order valence-electron chi connectivity index (χ2n) is 12.8. The predicted molar refractivity (Wildman–Crippen MR) is 215 cm³/mol. The van der Waals surface area contributed by atoms with E-state index in [4.69, 9.17) is 15.0 Å². The lowest BCUT2D eigenvalue weighted by Crippen LogP contribution is -1.98. The summed E-state index contributed by atoms with van der Waals surface area (Å²) in [7, 11) is 0. The summed E-state index contributed by atoms with van der Waals surface area (Å²) in [6.45, 7) is 0. The minimum absolute atomic E-state index is 0.680. The molecule has 0 bridgehead atoms. The quantitative estimate of drug-likeness (QED) is 0.171. The summed E-state index contributed by atoms with van der Waals surface area (Å²) in [6.07, 6.45) is 2.00. The summed E-state index contributed by atoms with van der Waals surface area (Å²) in [5.74, 6) is 0.680. The summed E-state index contributed by atoms with van der Waals surface area (Å²) in [5.41, 5.74) is 9.19. The minimum Gasteiger partial charge on any atom is -0.245 e. The van der Waals surface area contributed by atoms with Crippen molar-refractivity contribution in [3.8, 4) is 56.2 Å². The third kappa shape index (κ3) is 5.16. The van der Waals surface area contributed by atoms with Gasteiger partial charge in [0.2, 0.25) is 0 Å². The molecule has 0 radical (unpaired) electrons. The number of aromatic nitrogens is 3. The van der Waals surface area contributed by atoms with Gasteiger partial charge >= 0.3 is 0 Å². The number of benzene rings is 7. The highest BCUT2D eigenvalue weighted by Crippen LogP contribution is 2.42. The summed E-state index contributed by atoms with van der Waals surface area (Å²) in [6, 6.07) is 60.1. The first-order valence-electron chi connectivity index (χ1n) is 17.1. The van der Waals surface area contributed by atoms with Gasteiger partial charge in [0.05, 0.1) is 11.4 Å². The number of hydrogen-bond acceptors (Lipinski definition) is 4. The van der Waals surface area contributed by atoms with Gasteiger partial charge in [0, 0.05) is 43.9 Å². The monoisotopic (exact) mass is 667 g/mol. The Morgan fingerprint density at radius 1 is 0.373 bits per heavy atom. The molecule has 4 heteroatoms. The van der Waals surface area contributed by atoms with Crippen LogP contribution < -0.4 is 0 Å². The Hall–Kier alpha value is -6.49. The van der Waals surface area contributed by atoms with E-state index in [-0.39, 0.29) is 0 Å². The number of pyridine rings is 1. The molecular weight excluding hydrogens is 639 g/mol. The lowest BCUT2D eigenvalue weighted by atomic mass is 9.89. The van der Waals surface area contributed by atoms with Gasteiger partial charge < -0.3 is 0 Å². The fourth-order valence-electron chi connectivity index (χ4n) is 7.27. The maximum Gasteiger partial charge on any atom is 0.161 e. The first kappa shape index (κ1) is 29.4. The van der Waals surface area contributed by atoms with Crippen LogP contribution in [0, 0.1) is 0 Å². The van der Waals surface area contributed by atoms with E-state index in [0.717, 1.165) is 55.2 Å². The van der Waals surface area contributed by atoms with Crippen molar-refractivity contribution >= 4 is 53.2 Å². The van der Waals surface area contributed by atoms with Gasteiger partial charge in [0.15, 0.2) is 5.82 Å². The zero-order valence-corrected chi connectivity index (χ0v) is 28.3. The van der Waals surface area contributed by atoms with Crippen LogP contribution in [0.5, 0.6) is 0 Å². The molecule has 0 amide bonds. The molecule has 0 atom stereocenters. The lowest BCUT2D eigenvalue weighted by molar-refractivity contribution is 1.18. The van der Waals surface area contributed by atoms with Crippen LogP contribution in [0.3, 0.4) is 0 Å². The van der Waals surface area contributed by atoms with Crippen LogP contribution in [0.4, 0.5) is 0 Å². The molecule has 3 nitrogen and oxygen atoms in total. The SMILES string of the molecule is c1ccc(-c2cc(-c3ccccc3)nc(-c3cc(-c4cnc5sc6ccccc6c5c4)ccc3-c3cc4ccccc4c4ccccc34)n2)cc1.